The SMILES string of the molecule is CC(CC(C)c1ncccn1)c1ccncc1. The Labute approximate surface area is 102 Å². The lowest BCUT2D eigenvalue weighted by atomic mass is 9.91. The predicted octanol–water partition coefficient (Wildman–Crippen LogP) is 3.17. The second-order valence-electron chi connectivity index (χ2n) is 4.43. The molecule has 3 nitrogen and oxygen atoms in total. The molecule has 0 aliphatic rings. The first-order valence-electron chi connectivity index (χ1n) is 5.94. The van der Waals surface area contributed by atoms with Gasteiger partial charge in [0, 0.05) is 30.7 Å². The Morgan fingerprint density at radius 1 is 0.941 bits per heavy atom. The zero-order valence-electron chi connectivity index (χ0n) is 10.2. The maximum Gasteiger partial charge on any atom is 0.131 e. The number of hydrogen-bond acceptors (Lipinski definition) is 3. The largest absolute Gasteiger partial charge is 0.265 e. The molecule has 0 aliphatic heterocycles. The fourth-order valence-corrected chi connectivity index (χ4v) is 2.03. The molecule has 0 spiro atoms. The minimum absolute atomic E-state index is 0.374. The Morgan fingerprint density at radius 2 is 1.59 bits per heavy atom. The van der Waals surface area contributed by atoms with Crippen molar-refractivity contribution < 1.29 is 0 Å². The highest BCUT2D eigenvalue weighted by molar-refractivity contribution is 5.15. The average Bonchev–Trinajstić information content (AvgIpc) is 2.40. The molecule has 2 heterocycles. The molecule has 2 atom stereocenters. The normalized spacial score (nSPS) is 14.2. The zero-order valence-corrected chi connectivity index (χ0v) is 10.2. The van der Waals surface area contributed by atoms with E-state index in [1.165, 1.54) is 5.56 Å². The average molecular weight is 227 g/mol. The number of aromatic nitrogens is 3. The van der Waals surface area contributed by atoms with Gasteiger partial charge in [0.2, 0.25) is 0 Å². The molecule has 0 amide bonds. The van der Waals surface area contributed by atoms with Gasteiger partial charge in [-0.05, 0) is 36.1 Å². The van der Waals surface area contributed by atoms with Crippen LogP contribution in [0.15, 0.2) is 43.0 Å². The molecule has 0 saturated carbocycles. The van der Waals surface area contributed by atoms with Crippen LogP contribution in [0.5, 0.6) is 0 Å². The first kappa shape index (κ1) is 11.7. The molecule has 0 saturated heterocycles. The van der Waals surface area contributed by atoms with E-state index >= 15 is 0 Å². The molecule has 0 aromatic carbocycles. The summed E-state index contributed by atoms with van der Waals surface area (Å²) < 4.78 is 0. The van der Waals surface area contributed by atoms with Crippen LogP contribution in [0.2, 0.25) is 0 Å². The van der Waals surface area contributed by atoms with E-state index in [4.69, 9.17) is 0 Å². The summed E-state index contributed by atoms with van der Waals surface area (Å²) in [5.41, 5.74) is 1.32. The molecule has 2 rings (SSSR count). The van der Waals surface area contributed by atoms with Gasteiger partial charge in [-0.25, -0.2) is 9.97 Å². The van der Waals surface area contributed by atoms with Crippen LogP contribution in [0.1, 0.15) is 43.5 Å². The number of nitrogens with zero attached hydrogens (tertiary/aromatic N) is 3. The summed E-state index contributed by atoms with van der Waals surface area (Å²) in [5.74, 6) is 1.80. The van der Waals surface area contributed by atoms with Gasteiger partial charge in [0.05, 0.1) is 0 Å². The number of rotatable bonds is 4. The van der Waals surface area contributed by atoms with Crippen molar-refractivity contribution in [1.82, 2.24) is 15.0 Å². The lowest BCUT2D eigenvalue weighted by Gasteiger charge is -2.16. The Hall–Kier alpha value is -1.77. The van der Waals surface area contributed by atoms with Crippen LogP contribution in [-0.2, 0) is 0 Å². The van der Waals surface area contributed by atoms with Crippen molar-refractivity contribution >= 4 is 0 Å². The van der Waals surface area contributed by atoms with Gasteiger partial charge >= 0.3 is 0 Å². The lowest BCUT2D eigenvalue weighted by molar-refractivity contribution is 0.567. The van der Waals surface area contributed by atoms with Crippen molar-refractivity contribution in [2.75, 3.05) is 0 Å². The fourth-order valence-electron chi connectivity index (χ4n) is 2.03. The van der Waals surface area contributed by atoms with E-state index in [1.807, 2.05) is 18.5 Å². The van der Waals surface area contributed by atoms with Crippen molar-refractivity contribution in [1.29, 1.82) is 0 Å². The molecule has 0 fully saturated rings. The van der Waals surface area contributed by atoms with Crippen molar-refractivity contribution in [2.45, 2.75) is 32.1 Å². The lowest BCUT2D eigenvalue weighted by Crippen LogP contribution is -2.04. The molecule has 2 aromatic heterocycles. The molecular weight excluding hydrogens is 210 g/mol. The van der Waals surface area contributed by atoms with Gasteiger partial charge in [0.25, 0.3) is 0 Å². The van der Waals surface area contributed by atoms with E-state index in [2.05, 4.69) is 40.9 Å². The van der Waals surface area contributed by atoms with Crippen molar-refractivity contribution in [2.24, 2.45) is 0 Å². The second-order valence-corrected chi connectivity index (χ2v) is 4.43. The minimum Gasteiger partial charge on any atom is -0.265 e. The third-order valence-electron chi connectivity index (χ3n) is 3.01. The molecule has 2 unspecified atom stereocenters. The Kier molecular flexibility index (Phi) is 3.81. The van der Waals surface area contributed by atoms with Crippen molar-refractivity contribution in [3.63, 3.8) is 0 Å². The molecular formula is C14H17N3. The molecule has 3 heteroatoms. The Balaban J connectivity index is 2.02. The summed E-state index contributed by atoms with van der Waals surface area (Å²) in [6, 6.07) is 6.00. The number of pyridine rings is 1. The summed E-state index contributed by atoms with van der Waals surface area (Å²) >= 11 is 0. The van der Waals surface area contributed by atoms with Crippen LogP contribution in [0.4, 0.5) is 0 Å². The maximum absolute atomic E-state index is 4.30. The van der Waals surface area contributed by atoms with Gasteiger partial charge in [0.1, 0.15) is 5.82 Å². The Morgan fingerprint density at radius 3 is 2.24 bits per heavy atom. The standard InChI is InChI=1S/C14H17N3/c1-11(13-4-8-15-9-5-13)10-12(2)14-16-6-3-7-17-14/h3-9,11-12H,10H2,1-2H3. The summed E-state index contributed by atoms with van der Waals surface area (Å²) in [4.78, 5) is 12.6. The fraction of sp³-hybridized carbons (Fsp3) is 0.357. The van der Waals surface area contributed by atoms with Crippen LogP contribution < -0.4 is 0 Å². The van der Waals surface area contributed by atoms with Gasteiger partial charge in [0.15, 0.2) is 0 Å². The third kappa shape index (κ3) is 3.09. The van der Waals surface area contributed by atoms with Crippen molar-refractivity contribution in [3.05, 3.63) is 54.4 Å². The third-order valence-corrected chi connectivity index (χ3v) is 3.01. The summed E-state index contributed by atoms with van der Waals surface area (Å²) in [6.45, 7) is 4.40. The highest BCUT2D eigenvalue weighted by atomic mass is 14.9. The van der Waals surface area contributed by atoms with Gasteiger partial charge in [-0.3, -0.25) is 4.98 Å². The molecule has 0 N–H and O–H groups in total. The van der Waals surface area contributed by atoms with Crippen LogP contribution >= 0.6 is 0 Å². The minimum atomic E-state index is 0.374. The summed E-state index contributed by atoms with van der Waals surface area (Å²) in [7, 11) is 0. The highest BCUT2D eigenvalue weighted by Crippen LogP contribution is 2.26. The van der Waals surface area contributed by atoms with Crippen LogP contribution in [0, 0.1) is 0 Å². The van der Waals surface area contributed by atoms with E-state index < -0.39 is 0 Å². The molecule has 17 heavy (non-hydrogen) atoms. The van der Waals surface area contributed by atoms with Gasteiger partial charge in [-0.2, -0.15) is 0 Å². The van der Waals surface area contributed by atoms with Gasteiger partial charge in [-0.15, -0.1) is 0 Å². The molecule has 0 radical (unpaired) electrons. The van der Waals surface area contributed by atoms with Gasteiger partial charge < -0.3 is 0 Å². The van der Waals surface area contributed by atoms with E-state index in [0.29, 0.717) is 11.8 Å². The van der Waals surface area contributed by atoms with Crippen LogP contribution in [0.3, 0.4) is 0 Å². The molecule has 0 aliphatic carbocycles. The van der Waals surface area contributed by atoms with E-state index in [-0.39, 0.29) is 0 Å². The number of hydrogen-bond donors (Lipinski definition) is 0. The second kappa shape index (κ2) is 5.53. The van der Waals surface area contributed by atoms with Crippen molar-refractivity contribution in [3.8, 4) is 0 Å². The van der Waals surface area contributed by atoms with Gasteiger partial charge in [-0.1, -0.05) is 13.8 Å². The Bertz CT molecular complexity index is 398. The highest BCUT2D eigenvalue weighted by Gasteiger charge is 2.13. The predicted molar refractivity (Wildman–Crippen MR) is 67.7 cm³/mol. The molecule has 2 aromatic rings. The molecule has 0 bridgehead atoms. The zero-order chi connectivity index (χ0) is 12.1. The maximum atomic E-state index is 4.30. The van der Waals surface area contributed by atoms with E-state index in [1.54, 1.807) is 12.4 Å². The quantitative estimate of drug-likeness (QED) is 0.805. The first-order chi connectivity index (χ1) is 8.27. The van der Waals surface area contributed by atoms with E-state index in [9.17, 15) is 0 Å². The van der Waals surface area contributed by atoms with E-state index in [0.717, 1.165) is 12.2 Å². The van der Waals surface area contributed by atoms with Crippen LogP contribution in [-0.4, -0.2) is 15.0 Å². The van der Waals surface area contributed by atoms with Crippen LogP contribution in [0.25, 0.3) is 0 Å². The summed E-state index contributed by atoms with van der Waals surface area (Å²) in [6.07, 6.45) is 8.34. The first-order valence-corrected chi connectivity index (χ1v) is 5.94. The monoisotopic (exact) mass is 227 g/mol. The smallest absolute Gasteiger partial charge is 0.131 e. The molecule has 88 valence electrons. The topological polar surface area (TPSA) is 38.7 Å². The summed E-state index contributed by atoms with van der Waals surface area (Å²) in [5, 5.41) is 0.